The molecule has 0 bridgehead atoms. The van der Waals surface area contributed by atoms with Crippen LogP contribution in [0.2, 0.25) is 0 Å². The van der Waals surface area contributed by atoms with Crippen molar-refractivity contribution in [2.24, 2.45) is 11.7 Å². The van der Waals surface area contributed by atoms with E-state index in [2.05, 4.69) is 5.32 Å². The molecule has 92 valence electrons. The lowest BCUT2D eigenvalue weighted by Crippen LogP contribution is -2.30. The van der Waals surface area contributed by atoms with Gasteiger partial charge in [0.1, 0.15) is 5.75 Å². The number of hydrogen-bond donors (Lipinski definition) is 2. The highest BCUT2D eigenvalue weighted by Crippen LogP contribution is 2.27. The van der Waals surface area contributed by atoms with E-state index in [9.17, 15) is 4.79 Å². The van der Waals surface area contributed by atoms with Crippen LogP contribution >= 0.6 is 0 Å². The van der Waals surface area contributed by atoms with Gasteiger partial charge in [-0.3, -0.25) is 4.79 Å². The Morgan fingerprint density at radius 3 is 2.65 bits per heavy atom. The predicted molar refractivity (Wildman–Crippen MR) is 65.6 cm³/mol. The fourth-order valence-corrected chi connectivity index (χ4v) is 1.50. The van der Waals surface area contributed by atoms with E-state index in [1.165, 1.54) is 12.8 Å². The Morgan fingerprint density at radius 2 is 2.06 bits per heavy atom. The molecule has 1 fully saturated rings. The maximum absolute atomic E-state index is 11.4. The Balaban J connectivity index is 1.70. The van der Waals surface area contributed by atoms with Gasteiger partial charge in [0, 0.05) is 13.1 Å². The molecular formula is C13H18N2O2. The van der Waals surface area contributed by atoms with Crippen molar-refractivity contribution in [3.8, 4) is 5.75 Å². The molecule has 0 saturated heterocycles. The molecule has 1 aliphatic carbocycles. The number of amides is 1. The summed E-state index contributed by atoms with van der Waals surface area (Å²) in [5.74, 6) is 1.34. The third-order valence-corrected chi connectivity index (χ3v) is 2.81. The van der Waals surface area contributed by atoms with E-state index in [1.807, 2.05) is 24.3 Å². The molecule has 0 spiro atoms. The van der Waals surface area contributed by atoms with Crippen molar-refractivity contribution in [1.82, 2.24) is 5.32 Å². The Bertz CT molecular complexity index is 372. The van der Waals surface area contributed by atoms with Crippen molar-refractivity contribution in [2.75, 3.05) is 13.2 Å². The van der Waals surface area contributed by atoms with Gasteiger partial charge in [0.25, 0.3) is 5.91 Å². The van der Waals surface area contributed by atoms with Crippen LogP contribution in [0.3, 0.4) is 0 Å². The summed E-state index contributed by atoms with van der Waals surface area (Å²) in [7, 11) is 0. The van der Waals surface area contributed by atoms with E-state index in [0.717, 1.165) is 12.1 Å². The van der Waals surface area contributed by atoms with Crippen LogP contribution < -0.4 is 15.8 Å². The molecule has 0 radical (unpaired) electrons. The lowest BCUT2D eigenvalue weighted by Gasteiger charge is -2.07. The molecule has 1 aromatic carbocycles. The third kappa shape index (κ3) is 4.07. The molecule has 4 heteroatoms. The Labute approximate surface area is 101 Å². The summed E-state index contributed by atoms with van der Waals surface area (Å²) in [4.78, 5) is 11.4. The van der Waals surface area contributed by atoms with Gasteiger partial charge in [-0.15, -0.1) is 0 Å². The van der Waals surface area contributed by atoms with E-state index in [0.29, 0.717) is 18.2 Å². The number of carbonyl (C=O) groups is 1. The second-order valence-corrected chi connectivity index (χ2v) is 4.38. The molecule has 0 unspecified atom stereocenters. The second kappa shape index (κ2) is 5.68. The Morgan fingerprint density at radius 1 is 1.35 bits per heavy atom. The van der Waals surface area contributed by atoms with E-state index in [4.69, 9.17) is 10.5 Å². The van der Waals surface area contributed by atoms with Crippen molar-refractivity contribution in [1.29, 1.82) is 0 Å². The number of benzene rings is 1. The second-order valence-electron chi connectivity index (χ2n) is 4.38. The molecule has 1 aromatic rings. The summed E-state index contributed by atoms with van der Waals surface area (Å²) in [5, 5.41) is 2.85. The van der Waals surface area contributed by atoms with Gasteiger partial charge >= 0.3 is 0 Å². The summed E-state index contributed by atoms with van der Waals surface area (Å²) >= 11 is 0. The zero-order valence-corrected chi connectivity index (χ0v) is 9.82. The first kappa shape index (κ1) is 11.9. The van der Waals surface area contributed by atoms with Gasteiger partial charge in [0.05, 0.1) is 0 Å². The number of carbonyl (C=O) groups excluding carboxylic acids is 1. The summed E-state index contributed by atoms with van der Waals surface area (Å²) in [5.41, 5.74) is 6.54. The van der Waals surface area contributed by atoms with Crippen LogP contribution in [-0.2, 0) is 11.3 Å². The summed E-state index contributed by atoms with van der Waals surface area (Å²) in [6.45, 7) is 1.38. The van der Waals surface area contributed by atoms with Crippen LogP contribution in [0.4, 0.5) is 0 Å². The number of ether oxygens (including phenoxy) is 1. The Kier molecular flexibility index (Phi) is 3.98. The molecule has 17 heavy (non-hydrogen) atoms. The first-order valence-corrected chi connectivity index (χ1v) is 5.96. The number of nitrogens with one attached hydrogen (secondary N) is 1. The SMILES string of the molecule is NCc1ccc(OCC(=O)NCC2CC2)cc1. The van der Waals surface area contributed by atoms with E-state index < -0.39 is 0 Å². The molecule has 0 aliphatic heterocycles. The van der Waals surface area contributed by atoms with Gasteiger partial charge in [0.15, 0.2) is 6.61 Å². The third-order valence-electron chi connectivity index (χ3n) is 2.81. The normalized spacial score (nSPS) is 14.4. The van der Waals surface area contributed by atoms with Crippen molar-refractivity contribution >= 4 is 5.91 Å². The van der Waals surface area contributed by atoms with Crippen LogP contribution in [0.15, 0.2) is 24.3 Å². The molecule has 1 aliphatic rings. The van der Waals surface area contributed by atoms with E-state index in [1.54, 1.807) is 0 Å². The average molecular weight is 234 g/mol. The van der Waals surface area contributed by atoms with Crippen LogP contribution in [0.5, 0.6) is 5.75 Å². The lowest BCUT2D eigenvalue weighted by molar-refractivity contribution is -0.123. The number of hydrogen-bond acceptors (Lipinski definition) is 3. The van der Waals surface area contributed by atoms with Crippen molar-refractivity contribution in [3.63, 3.8) is 0 Å². The monoisotopic (exact) mass is 234 g/mol. The van der Waals surface area contributed by atoms with Gasteiger partial charge in [-0.25, -0.2) is 0 Å². The van der Waals surface area contributed by atoms with Crippen molar-refractivity contribution < 1.29 is 9.53 Å². The molecule has 2 rings (SSSR count). The zero-order chi connectivity index (χ0) is 12.1. The molecule has 0 aromatic heterocycles. The standard InChI is InChI=1S/C13H18N2O2/c14-7-10-3-5-12(6-4-10)17-9-13(16)15-8-11-1-2-11/h3-6,11H,1-2,7-9,14H2,(H,15,16). The van der Waals surface area contributed by atoms with Crippen LogP contribution in [0.1, 0.15) is 18.4 Å². The van der Waals surface area contributed by atoms with E-state index >= 15 is 0 Å². The number of rotatable bonds is 6. The summed E-state index contributed by atoms with van der Waals surface area (Å²) in [6, 6.07) is 7.46. The lowest BCUT2D eigenvalue weighted by atomic mass is 10.2. The molecule has 0 atom stereocenters. The molecule has 0 heterocycles. The van der Waals surface area contributed by atoms with Crippen LogP contribution in [0, 0.1) is 5.92 Å². The zero-order valence-electron chi connectivity index (χ0n) is 9.82. The smallest absolute Gasteiger partial charge is 0.257 e. The van der Waals surface area contributed by atoms with Crippen molar-refractivity contribution in [2.45, 2.75) is 19.4 Å². The minimum absolute atomic E-state index is 0.0557. The van der Waals surface area contributed by atoms with Gasteiger partial charge in [0.2, 0.25) is 0 Å². The van der Waals surface area contributed by atoms with Crippen LogP contribution in [0.25, 0.3) is 0 Å². The Hall–Kier alpha value is -1.55. The first-order chi connectivity index (χ1) is 8.28. The van der Waals surface area contributed by atoms with E-state index in [-0.39, 0.29) is 12.5 Å². The summed E-state index contributed by atoms with van der Waals surface area (Å²) in [6.07, 6.45) is 2.48. The first-order valence-electron chi connectivity index (χ1n) is 5.96. The fourth-order valence-electron chi connectivity index (χ4n) is 1.50. The summed E-state index contributed by atoms with van der Waals surface area (Å²) < 4.78 is 5.37. The van der Waals surface area contributed by atoms with Gasteiger partial charge in [-0.2, -0.15) is 0 Å². The molecule has 1 saturated carbocycles. The maximum atomic E-state index is 11.4. The van der Waals surface area contributed by atoms with Crippen LogP contribution in [-0.4, -0.2) is 19.1 Å². The molecular weight excluding hydrogens is 216 g/mol. The minimum Gasteiger partial charge on any atom is -0.484 e. The highest BCUT2D eigenvalue weighted by molar-refractivity contribution is 5.77. The predicted octanol–water partition coefficient (Wildman–Crippen LogP) is 1.05. The average Bonchev–Trinajstić information content (AvgIpc) is 3.18. The highest BCUT2D eigenvalue weighted by atomic mass is 16.5. The fraction of sp³-hybridized carbons (Fsp3) is 0.462. The molecule has 3 N–H and O–H groups in total. The topological polar surface area (TPSA) is 64.3 Å². The minimum atomic E-state index is -0.0557. The quantitative estimate of drug-likeness (QED) is 0.773. The van der Waals surface area contributed by atoms with Gasteiger partial charge < -0.3 is 15.8 Å². The highest BCUT2D eigenvalue weighted by Gasteiger charge is 2.21. The maximum Gasteiger partial charge on any atom is 0.257 e. The molecule has 4 nitrogen and oxygen atoms in total. The largest absolute Gasteiger partial charge is 0.484 e. The van der Waals surface area contributed by atoms with Crippen molar-refractivity contribution in [3.05, 3.63) is 29.8 Å². The number of nitrogens with two attached hydrogens (primary N) is 1. The van der Waals surface area contributed by atoms with Gasteiger partial charge in [-0.1, -0.05) is 12.1 Å². The molecule has 1 amide bonds. The van der Waals surface area contributed by atoms with Gasteiger partial charge in [-0.05, 0) is 36.5 Å².